The molecule has 0 saturated heterocycles. The van der Waals surface area contributed by atoms with Crippen molar-refractivity contribution in [3.8, 4) is 0 Å². The molecule has 0 aromatic rings. The Kier molecular flexibility index (Phi) is 305. The zero-order chi connectivity index (χ0) is 15.5. The van der Waals surface area contributed by atoms with Gasteiger partial charge in [-0.1, -0.05) is 115 Å². The van der Waals surface area contributed by atoms with Crippen LogP contribution in [0.4, 0.5) is 0 Å². The van der Waals surface area contributed by atoms with Crippen LogP contribution in [0.15, 0.2) is 0 Å². The molecule has 0 rings (SSSR count). The zero-order valence-electron chi connectivity index (χ0n) is 15.5. The van der Waals surface area contributed by atoms with Crippen LogP contribution in [0.3, 0.4) is 0 Å². The van der Waals surface area contributed by atoms with Gasteiger partial charge in [-0.15, -0.1) is 0 Å². The molecule has 0 spiro atoms. The molecule has 0 saturated carbocycles. The van der Waals surface area contributed by atoms with Crippen LogP contribution in [0.1, 0.15) is 115 Å². The van der Waals surface area contributed by atoms with Gasteiger partial charge >= 0.3 is 0 Å². The summed E-state index contributed by atoms with van der Waals surface area (Å²) in [6, 6.07) is 0. The number of hydrogen-bond acceptors (Lipinski definition) is 0. The molecule has 0 heterocycles. The van der Waals surface area contributed by atoms with E-state index in [0.717, 1.165) is 0 Å². The van der Waals surface area contributed by atoms with Gasteiger partial charge < -0.3 is 0 Å². The summed E-state index contributed by atoms with van der Waals surface area (Å²) >= 11 is 0. The van der Waals surface area contributed by atoms with Crippen molar-refractivity contribution in [1.29, 1.82) is 0 Å². The summed E-state index contributed by atoms with van der Waals surface area (Å²) in [6.07, 6.45) is 6.39. The minimum atomic E-state index is 1.25. The molecule has 0 aliphatic carbocycles. The molecule has 114 valence electrons. The molecule has 17 heavy (non-hydrogen) atoms. The fourth-order valence-electron chi connectivity index (χ4n) is 0. The Morgan fingerprint density at radius 2 is 0.412 bits per heavy atom. The molecule has 0 radical (unpaired) electrons. The first-order chi connectivity index (χ1) is 8.16. The Balaban J connectivity index is -0.0000000218. The molecule has 0 N–H and O–H groups in total. The van der Waals surface area contributed by atoms with Crippen LogP contribution in [0.5, 0.6) is 0 Å². The predicted molar refractivity (Wildman–Crippen MR) is 91.2 cm³/mol. The molecule has 0 aromatic carbocycles. The fraction of sp³-hybridized carbons (Fsp3) is 1.00. The largest absolute Gasteiger partial charge is 0.0683 e. The third-order valence-corrected chi connectivity index (χ3v) is 0.500. The van der Waals surface area contributed by atoms with E-state index in [2.05, 4.69) is 55.4 Å². The van der Waals surface area contributed by atoms with Crippen LogP contribution in [0.25, 0.3) is 0 Å². The molecule has 0 aliphatic heterocycles. The van der Waals surface area contributed by atoms with E-state index in [-0.39, 0.29) is 0 Å². The second-order valence-corrected chi connectivity index (χ2v) is 3.12. The van der Waals surface area contributed by atoms with E-state index in [1.165, 1.54) is 32.1 Å². The van der Waals surface area contributed by atoms with Crippen LogP contribution in [-0.2, 0) is 0 Å². The van der Waals surface area contributed by atoms with E-state index >= 15 is 0 Å². The molecule has 0 heteroatoms. The van der Waals surface area contributed by atoms with Crippen LogP contribution < -0.4 is 0 Å². The second-order valence-electron chi connectivity index (χ2n) is 3.12. The fourth-order valence-corrected chi connectivity index (χ4v) is 0. The average Bonchev–Trinajstić information content (AvgIpc) is 2.37. The van der Waals surface area contributed by atoms with E-state index in [9.17, 15) is 0 Å². The Bertz CT molecular complexity index is 16.5. The highest BCUT2D eigenvalue weighted by atomic mass is 13.6. The van der Waals surface area contributed by atoms with Crippen molar-refractivity contribution in [1.82, 2.24) is 0 Å². The number of hydrogen-bond donors (Lipinski definition) is 0. The zero-order valence-corrected chi connectivity index (χ0v) is 15.5. The summed E-state index contributed by atoms with van der Waals surface area (Å²) in [5.74, 6) is 0. The maximum absolute atomic E-state index is 2.18. The highest BCUT2D eigenvalue weighted by Gasteiger charge is 1.56. The molecule has 0 atom stereocenters. The highest BCUT2D eigenvalue weighted by Crippen LogP contribution is 1.76. The topological polar surface area (TPSA) is 0 Å². The smallest absolute Gasteiger partial charge is 0.0564 e. The SMILES string of the molecule is CC.CC.CCC.CCC.CCC.CCCC. The van der Waals surface area contributed by atoms with E-state index in [1.54, 1.807) is 0 Å². The first-order valence-corrected chi connectivity index (χ1v) is 8.16. The molecule has 0 bridgehead atoms. The van der Waals surface area contributed by atoms with Gasteiger partial charge in [0.1, 0.15) is 0 Å². The summed E-state index contributed by atoms with van der Waals surface area (Å²) in [4.78, 5) is 0. The maximum atomic E-state index is 2.18. The van der Waals surface area contributed by atoms with Crippen LogP contribution in [0.2, 0.25) is 0 Å². The first kappa shape index (κ1) is 36.0. The van der Waals surface area contributed by atoms with Gasteiger partial charge in [0.25, 0.3) is 0 Å². The summed E-state index contributed by atoms with van der Waals surface area (Å²) < 4.78 is 0. The normalized spacial score (nSPS) is 5.65. The molecule has 0 amide bonds. The monoisotopic (exact) mass is 250 g/mol. The first-order valence-electron chi connectivity index (χ1n) is 8.16. The lowest BCUT2D eigenvalue weighted by Gasteiger charge is -1.68. The third-order valence-electron chi connectivity index (χ3n) is 0.500. The molecule has 0 nitrogen and oxygen atoms in total. The molecule has 0 aromatic heterocycles. The van der Waals surface area contributed by atoms with Crippen molar-refractivity contribution < 1.29 is 0 Å². The van der Waals surface area contributed by atoms with Gasteiger partial charge in [-0.2, -0.15) is 0 Å². The van der Waals surface area contributed by atoms with Crippen LogP contribution in [-0.4, -0.2) is 0 Å². The molecule has 0 fully saturated rings. The summed E-state index contributed by atoms with van der Waals surface area (Å²) in [5, 5.41) is 0. The summed E-state index contributed by atoms with van der Waals surface area (Å²) in [6.45, 7) is 25.1. The third kappa shape index (κ3) is 3140. The van der Waals surface area contributed by atoms with Gasteiger partial charge in [0.2, 0.25) is 0 Å². The number of unbranched alkanes of at least 4 members (excludes halogenated alkanes) is 1. The molecular weight excluding hydrogens is 204 g/mol. The van der Waals surface area contributed by atoms with Crippen molar-refractivity contribution in [3.63, 3.8) is 0 Å². The van der Waals surface area contributed by atoms with Gasteiger partial charge in [0, 0.05) is 0 Å². The van der Waals surface area contributed by atoms with E-state index in [0.29, 0.717) is 0 Å². The Morgan fingerprint density at radius 3 is 0.412 bits per heavy atom. The Morgan fingerprint density at radius 1 is 0.353 bits per heavy atom. The van der Waals surface area contributed by atoms with Crippen molar-refractivity contribution in [2.45, 2.75) is 115 Å². The van der Waals surface area contributed by atoms with E-state index < -0.39 is 0 Å². The molecule has 0 unspecified atom stereocenters. The van der Waals surface area contributed by atoms with Gasteiger partial charge in [-0.25, -0.2) is 0 Å². The highest BCUT2D eigenvalue weighted by molar-refractivity contribution is 4.12. The minimum absolute atomic E-state index is 1.25. The second kappa shape index (κ2) is 144. The lowest BCUT2D eigenvalue weighted by atomic mass is 10.4. The van der Waals surface area contributed by atoms with Crippen molar-refractivity contribution in [3.05, 3.63) is 0 Å². The van der Waals surface area contributed by atoms with Crippen LogP contribution >= 0.6 is 0 Å². The Hall–Kier alpha value is 0. The Labute approximate surface area is 116 Å². The van der Waals surface area contributed by atoms with Crippen molar-refractivity contribution in [2.24, 2.45) is 0 Å². The van der Waals surface area contributed by atoms with Crippen molar-refractivity contribution >= 4 is 0 Å². The minimum Gasteiger partial charge on any atom is -0.0683 e. The van der Waals surface area contributed by atoms with Gasteiger partial charge in [-0.3, -0.25) is 0 Å². The maximum Gasteiger partial charge on any atom is -0.0564 e. The number of rotatable bonds is 1. The predicted octanol–water partition coefficient (Wildman–Crippen LogP) is 8.11. The lowest BCUT2D eigenvalue weighted by molar-refractivity contribution is 0.886. The van der Waals surface area contributed by atoms with Gasteiger partial charge in [-0.05, 0) is 0 Å². The van der Waals surface area contributed by atoms with E-state index in [4.69, 9.17) is 0 Å². The quantitative estimate of drug-likeness (QED) is 0.441. The van der Waals surface area contributed by atoms with Gasteiger partial charge in [0.15, 0.2) is 0 Å². The van der Waals surface area contributed by atoms with Gasteiger partial charge in [0.05, 0.1) is 0 Å². The average molecular weight is 251 g/mol. The van der Waals surface area contributed by atoms with Crippen LogP contribution in [0, 0.1) is 0 Å². The summed E-state index contributed by atoms with van der Waals surface area (Å²) in [7, 11) is 0. The standard InChI is InChI=1S/C4H10.3C3H8.2C2H6/c1-3-4-2;3*1-3-2;2*1-2/h3-4H2,1-2H3;3*3H2,1-2H3;2*1-2H3. The molecule has 0 aliphatic rings. The molecular formula is C17H46. The lowest BCUT2D eigenvalue weighted by Crippen LogP contribution is -1.47. The van der Waals surface area contributed by atoms with Crippen molar-refractivity contribution in [2.75, 3.05) is 0 Å². The summed E-state index contributed by atoms with van der Waals surface area (Å²) in [5.41, 5.74) is 0. The van der Waals surface area contributed by atoms with E-state index in [1.807, 2.05) is 27.7 Å².